The highest BCUT2D eigenvalue weighted by Gasteiger charge is 2.15. The van der Waals surface area contributed by atoms with Gasteiger partial charge in [0, 0.05) is 29.2 Å². The summed E-state index contributed by atoms with van der Waals surface area (Å²) in [6.45, 7) is -0.200. The van der Waals surface area contributed by atoms with Crippen LogP contribution in [0, 0.1) is 0 Å². The number of halogens is 1. The Morgan fingerprint density at radius 1 is 1.42 bits per heavy atom. The van der Waals surface area contributed by atoms with E-state index in [1.807, 2.05) is 18.6 Å². The van der Waals surface area contributed by atoms with Gasteiger partial charge in [-0.05, 0) is 18.2 Å². The standard InChI is InChI=1S/C16H12ClN5O3S/c1-21-6-9(5-18-21)11-8-26-15(19-11)20-14(23)7-22-12-4-10(17)2-3-13(12)25-16(22)24/h2-6,8H,7H2,1H3,(H,19,20,23). The fourth-order valence-electron chi connectivity index (χ4n) is 2.50. The predicted molar refractivity (Wildman–Crippen MR) is 98.4 cm³/mol. The van der Waals surface area contributed by atoms with Gasteiger partial charge in [-0.25, -0.2) is 9.78 Å². The number of nitrogens with one attached hydrogen (secondary N) is 1. The average Bonchev–Trinajstić information content (AvgIpc) is 3.29. The van der Waals surface area contributed by atoms with Gasteiger partial charge in [0.25, 0.3) is 0 Å². The van der Waals surface area contributed by atoms with Crippen molar-refractivity contribution in [3.63, 3.8) is 0 Å². The Balaban J connectivity index is 1.53. The number of amides is 1. The Kier molecular flexibility index (Phi) is 4.09. The molecule has 0 atom stereocenters. The molecule has 0 aliphatic rings. The summed E-state index contributed by atoms with van der Waals surface area (Å²) >= 11 is 7.25. The molecule has 0 aliphatic heterocycles. The molecular formula is C16H12ClN5O3S. The summed E-state index contributed by atoms with van der Waals surface area (Å²) in [6, 6.07) is 4.79. The Morgan fingerprint density at radius 3 is 3.04 bits per heavy atom. The van der Waals surface area contributed by atoms with E-state index in [-0.39, 0.29) is 12.5 Å². The quantitative estimate of drug-likeness (QED) is 0.579. The lowest BCUT2D eigenvalue weighted by atomic mass is 10.3. The van der Waals surface area contributed by atoms with Gasteiger partial charge in [-0.1, -0.05) is 11.6 Å². The molecule has 0 saturated carbocycles. The number of anilines is 1. The highest BCUT2D eigenvalue weighted by Crippen LogP contribution is 2.24. The van der Waals surface area contributed by atoms with Gasteiger partial charge in [0.05, 0.1) is 17.4 Å². The number of fused-ring (bicyclic) bond motifs is 1. The van der Waals surface area contributed by atoms with Gasteiger partial charge in [-0.2, -0.15) is 5.10 Å². The molecule has 0 aliphatic carbocycles. The number of aromatic nitrogens is 4. The molecular weight excluding hydrogens is 378 g/mol. The van der Waals surface area contributed by atoms with Crippen LogP contribution in [-0.4, -0.2) is 25.2 Å². The second kappa shape index (κ2) is 6.43. The molecule has 1 N–H and O–H groups in total. The van der Waals surface area contributed by atoms with Crippen molar-refractivity contribution in [1.82, 2.24) is 19.3 Å². The highest BCUT2D eigenvalue weighted by molar-refractivity contribution is 7.14. The number of thiazole rings is 1. The van der Waals surface area contributed by atoms with Crippen LogP contribution in [0.25, 0.3) is 22.4 Å². The van der Waals surface area contributed by atoms with Gasteiger partial charge < -0.3 is 9.73 Å². The molecule has 0 bridgehead atoms. The second-order valence-corrected chi connectivity index (χ2v) is 6.85. The van der Waals surface area contributed by atoms with E-state index >= 15 is 0 Å². The second-order valence-electron chi connectivity index (χ2n) is 5.55. The molecule has 8 nitrogen and oxygen atoms in total. The Bertz CT molecular complexity index is 1170. The summed E-state index contributed by atoms with van der Waals surface area (Å²) in [7, 11) is 1.82. The van der Waals surface area contributed by atoms with Crippen molar-refractivity contribution in [2.24, 2.45) is 7.05 Å². The molecule has 0 spiro atoms. The van der Waals surface area contributed by atoms with Crippen molar-refractivity contribution in [2.45, 2.75) is 6.54 Å². The number of benzene rings is 1. The predicted octanol–water partition coefficient (Wildman–Crippen LogP) is 2.74. The lowest BCUT2D eigenvalue weighted by Gasteiger charge is -2.02. The maximum Gasteiger partial charge on any atom is 0.420 e. The molecule has 1 aromatic carbocycles. The highest BCUT2D eigenvalue weighted by atomic mass is 35.5. The molecule has 0 unspecified atom stereocenters. The number of nitrogens with zero attached hydrogens (tertiary/aromatic N) is 4. The van der Waals surface area contributed by atoms with Crippen LogP contribution in [0.15, 0.2) is 45.2 Å². The first-order valence-electron chi connectivity index (χ1n) is 7.53. The molecule has 0 fully saturated rings. The van der Waals surface area contributed by atoms with E-state index in [1.165, 1.54) is 15.9 Å². The van der Waals surface area contributed by atoms with Crippen molar-refractivity contribution in [3.05, 3.63) is 51.5 Å². The van der Waals surface area contributed by atoms with E-state index in [2.05, 4.69) is 15.4 Å². The first-order chi connectivity index (χ1) is 12.5. The lowest BCUT2D eigenvalue weighted by molar-refractivity contribution is -0.116. The number of hydrogen-bond donors (Lipinski definition) is 1. The average molecular weight is 390 g/mol. The zero-order valence-corrected chi connectivity index (χ0v) is 15.0. The fourth-order valence-corrected chi connectivity index (χ4v) is 3.41. The zero-order valence-electron chi connectivity index (χ0n) is 13.5. The molecule has 4 aromatic rings. The molecule has 4 rings (SSSR count). The monoisotopic (exact) mass is 389 g/mol. The summed E-state index contributed by atoms with van der Waals surface area (Å²) in [5.74, 6) is -1.01. The van der Waals surface area contributed by atoms with E-state index in [1.54, 1.807) is 29.1 Å². The van der Waals surface area contributed by atoms with Gasteiger partial charge in [0.15, 0.2) is 10.7 Å². The van der Waals surface area contributed by atoms with Gasteiger partial charge in [0.1, 0.15) is 6.54 Å². The fraction of sp³-hybridized carbons (Fsp3) is 0.125. The minimum absolute atomic E-state index is 0.200. The number of hydrogen-bond acceptors (Lipinski definition) is 6. The summed E-state index contributed by atoms with van der Waals surface area (Å²) in [5, 5.41) is 9.50. The third-order valence-corrected chi connectivity index (χ3v) is 4.68. The summed E-state index contributed by atoms with van der Waals surface area (Å²) < 4.78 is 8.02. The van der Waals surface area contributed by atoms with Crippen LogP contribution in [0.5, 0.6) is 0 Å². The minimum atomic E-state index is -0.618. The van der Waals surface area contributed by atoms with Crippen LogP contribution < -0.4 is 11.1 Å². The molecule has 3 aromatic heterocycles. The minimum Gasteiger partial charge on any atom is -0.408 e. The van der Waals surface area contributed by atoms with Crippen LogP contribution >= 0.6 is 22.9 Å². The Morgan fingerprint density at radius 2 is 2.27 bits per heavy atom. The van der Waals surface area contributed by atoms with Gasteiger partial charge in [-0.15, -0.1) is 11.3 Å². The smallest absolute Gasteiger partial charge is 0.408 e. The third-order valence-electron chi connectivity index (χ3n) is 3.68. The van der Waals surface area contributed by atoms with Crippen molar-refractivity contribution < 1.29 is 9.21 Å². The maximum absolute atomic E-state index is 12.3. The van der Waals surface area contributed by atoms with Crippen LogP contribution in [0.1, 0.15) is 0 Å². The Labute approximate surface area is 155 Å². The molecule has 10 heteroatoms. The van der Waals surface area contributed by atoms with Gasteiger partial charge in [0.2, 0.25) is 5.91 Å². The third kappa shape index (κ3) is 3.14. The summed E-state index contributed by atoms with van der Waals surface area (Å²) in [6.07, 6.45) is 3.53. The molecule has 1 amide bonds. The number of carbonyl (C=O) groups is 1. The first-order valence-corrected chi connectivity index (χ1v) is 8.78. The van der Waals surface area contributed by atoms with E-state index in [4.69, 9.17) is 16.0 Å². The van der Waals surface area contributed by atoms with E-state index in [9.17, 15) is 9.59 Å². The molecule has 0 radical (unpaired) electrons. The summed E-state index contributed by atoms with van der Waals surface area (Å²) in [4.78, 5) is 28.7. The van der Waals surface area contributed by atoms with Crippen LogP contribution in [0.2, 0.25) is 5.02 Å². The number of carbonyl (C=O) groups excluding carboxylic acids is 1. The van der Waals surface area contributed by atoms with E-state index in [0.717, 1.165) is 11.3 Å². The normalized spacial score (nSPS) is 11.2. The molecule has 0 saturated heterocycles. The topological polar surface area (TPSA) is 95.0 Å². The van der Waals surface area contributed by atoms with Crippen molar-refractivity contribution in [1.29, 1.82) is 0 Å². The van der Waals surface area contributed by atoms with E-state index in [0.29, 0.717) is 21.3 Å². The molecule has 26 heavy (non-hydrogen) atoms. The summed E-state index contributed by atoms with van der Waals surface area (Å²) in [5.41, 5.74) is 2.42. The molecule has 132 valence electrons. The maximum atomic E-state index is 12.3. The number of rotatable bonds is 4. The van der Waals surface area contributed by atoms with E-state index < -0.39 is 5.76 Å². The Hall–Kier alpha value is -2.91. The largest absolute Gasteiger partial charge is 0.420 e. The zero-order chi connectivity index (χ0) is 18.3. The van der Waals surface area contributed by atoms with Crippen molar-refractivity contribution in [2.75, 3.05) is 5.32 Å². The molecule has 3 heterocycles. The van der Waals surface area contributed by atoms with Crippen LogP contribution in [0.4, 0.5) is 5.13 Å². The number of aryl methyl sites for hydroxylation is 1. The SMILES string of the molecule is Cn1cc(-c2csc(NC(=O)Cn3c(=O)oc4ccc(Cl)cc43)n2)cn1. The number of oxazole rings is 1. The first kappa shape index (κ1) is 16.6. The van der Waals surface area contributed by atoms with Gasteiger partial charge in [-0.3, -0.25) is 14.0 Å². The van der Waals surface area contributed by atoms with Crippen LogP contribution in [0.3, 0.4) is 0 Å². The lowest BCUT2D eigenvalue weighted by Crippen LogP contribution is -2.24. The van der Waals surface area contributed by atoms with Crippen molar-refractivity contribution in [3.8, 4) is 11.3 Å². The van der Waals surface area contributed by atoms with Crippen LogP contribution in [-0.2, 0) is 18.4 Å². The van der Waals surface area contributed by atoms with Gasteiger partial charge >= 0.3 is 5.76 Å². The van der Waals surface area contributed by atoms with Crippen molar-refractivity contribution >= 4 is 45.1 Å².